The summed E-state index contributed by atoms with van der Waals surface area (Å²) in [6.07, 6.45) is 1.53. The van der Waals surface area contributed by atoms with Gasteiger partial charge in [0.2, 0.25) is 0 Å². The molecule has 0 bridgehead atoms. The number of rotatable bonds is 1. The van der Waals surface area contributed by atoms with Crippen LogP contribution in [0.4, 0.5) is 5.69 Å². The van der Waals surface area contributed by atoms with E-state index in [2.05, 4.69) is 18.3 Å². The molecule has 0 aromatic heterocycles. The summed E-state index contributed by atoms with van der Waals surface area (Å²) in [7, 11) is 0. The van der Waals surface area contributed by atoms with E-state index in [-0.39, 0.29) is 0 Å². The summed E-state index contributed by atoms with van der Waals surface area (Å²) < 4.78 is 0. The molecule has 15 heavy (non-hydrogen) atoms. The van der Waals surface area contributed by atoms with Crippen molar-refractivity contribution in [2.45, 2.75) is 32.7 Å². The lowest BCUT2D eigenvalue weighted by atomic mass is 9.92. The molecule has 0 fully saturated rings. The second-order valence-corrected chi connectivity index (χ2v) is 4.13. The minimum Gasteiger partial charge on any atom is -0.480 e. The van der Waals surface area contributed by atoms with Crippen molar-refractivity contribution < 1.29 is 9.90 Å². The van der Waals surface area contributed by atoms with Gasteiger partial charge in [-0.3, -0.25) is 0 Å². The van der Waals surface area contributed by atoms with Crippen molar-refractivity contribution in [3.8, 4) is 0 Å². The van der Waals surface area contributed by atoms with Gasteiger partial charge in [0.25, 0.3) is 0 Å². The molecule has 1 unspecified atom stereocenters. The average Bonchev–Trinajstić information content (AvgIpc) is 2.23. The highest BCUT2D eigenvalue weighted by Gasteiger charge is 2.24. The Labute approximate surface area is 89.1 Å². The minimum atomic E-state index is -0.762. The van der Waals surface area contributed by atoms with E-state index in [9.17, 15) is 4.79 Å². The van der Waals surface area contributed by atoms with E-state index in [4.69, 9.17) is 5.11 Å². The molecule has 0 spiro atoms. The fourth-order valence-electron chi connectivity index (χ4n) is 2.11. The summed E-state index contributed by atoms with van der Waals surface area (Å²) in [5, 5.41) is 12.1. The molecule has 1 heterocycles. The SMILES string of the molecule is Cc1ccc(C)c2c1CCC(C(=O)O)N2. The Balaban J connectivity index is 2.41. The van der Waals surface area contributed by atoms with Crippen molar-refractivity contribution in [3.63, 3.8) is 0 Å². The number of anilines is 1. The van der Waals surface area contributed by atoms with Crippen LogP contribution in [0.2, 0.25) is 0 Å². The minimum absolute atomic E-state index is 0.432. The Morgan fingerprint density at radius 3 is 2.73 bits per heavy atom. The molecular weight excluding hydrogens is 190 g/mol. The topological polar surface area (TPSA) is 49.3 Å². The van der Waals surface area contributed by atoms with Gasteiger partial charge in [-0.25, -0.2) is 4.79 Å². The van der Waals surface area contributed by atoms with Crippen molar-refractivity contribution in [1.82, 2.24) is 0 Å². The second-order valence-electron chi connectivity index (χ2n) is 4.13. The number of hydrogen-bond donors (Lipinski definition) is 2. The van der Waals surface area contributed by atoms with Crippen molar-refractivity contribution in [2.24, 2.45) is 0 Å². The highest BCUT2D eigenvalue weighted by Crippen LogP contribution is 2.30. The number of benzene rings is 1. The lowest BCUT2D eigenvalue weighted by Crippen LogP contribution is -2.33. The molecule has 3 heteroatoms. The van der Waals surface area contributed by atoms with Gasteiger partial charge in [0.1, 0.15) is 6.04 Å². The number of hydrogen-bond acceptors (Lipinski definition) is 2. The Morgan fingerprint density at radius 2 is 2.07 bits per heavy atom. The van der Waals surface area contributed by atoms with Crippen LogP contribution in [0.5, 0.6) is 0 Å². The third kappa shape index (κ3) is 1.69. The highest BCUT2D eigenvalue weighted by atomic mass is 16.4. The quantitative estimate of drug-likeness (QED) is 0.738. The lowest BCUT2D eigenvalue weighted by Gasteiger charge is -2.27. The van der Waals surface area contributed by atoms with Gasteiger partial charge in [-0.05, 0) is 43.4 Å². The first-order chi connectivity index (χ1) is 7.09. The zero-order valence-electron chi connectivity index (χ0n) is 9.00. The molecule has 80 valence electrons. The Hall–Kier alpha value is -1.51. The van der Waals surface area contributed by atoms with Gasteiger partial charge >= 0.3 is 5.97 Å². The number of fused-ring (bicyclic) bond motifs is 1. The van der Waals surface area contributed by atoms with Crippen molar-refractivity contribution >= 4 is 11.7 Å². The number of carboxylic acids is 1. The fraction of sp³-hybridized carbons (Fsp3) is 0.417. The molecule has 1 atom stereocenters. The fourth-order valence-corrected chi connectivity index (χ4v) is 2.11. The van der Waals surface area contributed by atoms with Crippen molar-refractivity contribution in [1.29, 1.82) is 0 Å². The van der Waals surface area contributed by atoms with Gasteiger partial charge in [0.15, 0.2) is 0 Å². The zero-order chi connectivity index (χ0) is 11.0. The van der Waals surface area contributed by atoms with Gasteiger partial charge in [-0.1, -0.05) is 12.1 Å². The maximum absolute atomic E-state index is 10.9. The Bertz CT molecular complexity index is 412. The van der Waals surface area contributed by atoms with Crippen LogP contribution < -0.4 is 5.32 Å². The number of aryl methyl sites for hydroxylation is 2. The summed E-state index contributed by atoms with van der Waals surface area (Å²) in [5.74, 6) is -0.762. The maximum Gasteiger partial charge on any atom is 0.326 e. The smallest absolute Gasteiger partial charge is 0.326 e. The van der Waals surface area contributed by atoms with E-state index in [1.807, 2.05) is 13.0 Å². The summed E-state index contributed by atoms with van der Waals surface area (Å²) in [4.78, 5) is 10.9. The van der Waals surface area contributed by atoms with Crippen LogP contribution in [0.3, 0.4) is 0 Å². The van der Waals surface area contributed by atoms with Gasteiger partial charge in [-0.2, -0.15) is 0 Å². The van der Waals surface area contributed by atoms with Gasteiger partial charge < -0.3 is 10.4 Å². The molecule has 0 saturated heterocycles. The third-order valence-corrected chi connectivity index (χ3v) is 3.06. The van der Waals surface area contributed by atoms with Crippen LogP contribution in [-0.4, -0.2) is 17.1 Å². The highest BCUT2D eigenvalue weighted by molar-refractivity contribution is 5.79. The summed E-state index contributed by atoms with van der Waals surface area (Å²) in [6.45, 7) is 4.08. The summed E-state index contributed by atoms with van der Waals surface area (Å²) in [6, 6.07) is 3.69. The maximum atomic E-state index is 10.9. The Morgan fingerprint density at radius 1 is 1.40 bits per heavy atom. The second kappa shape index (κ2) is 3.57. The average molecular weight is 205 g/mol. The lowest BCUT2D eigenvalue weighted by molar-refractivity contribution is -0.138. The number of carboxylic acid groups (broad SMARTS) is 1. The normalized spacial score (nSPS) is 19.2. The molecule has 0 radical (unpaired) electrons. The van der Waals surface area contributed by atoms with Gasteiger partial charge in [0.05, 0.1) is 0 Å². The molecule has 0 saturated carbocycles. The van der Waals surface area contributed by atoms with E-state index in [1.165, 1.54) is 11.1 Å². The van der Waals surface area contributed by atoms with Gasteiger partial charge in [-0.15, -0.1) is 0 Å². The molecule has 0 amide bonds. The van der Waals surface area contributed by atoms with Crippen LogP contribution in [0.15, 0.2) is 12.1 Å². The van der Waals surface area contributed by atoms with Crippen molar-refractivity contribution in [3.05, 3.63) is 28.8 Å². The van der Waals surface area contributed by atoms with Crippen LogP contribution in [0.25, 0.3) is 0 Å². The van der Waals surface area contributed by atoms with E-state index < -0.39 is 12.0 Å². The molecule has 1 aromatic carbocycles. The molecule has 1 aromatic rings. The number of nitrogens with one attached hydrogen (secondary N) is 1. The van der Waals surface area contributed by atoms with E-state index in [0.29, 0.717) is 6.42 Å². The Kier molecular flexibility index (Phi) is 2.39. The van der Waals surface area contributed by atoms with Gasteiger partial charge in [0, 0.05) is 5.69 Å². The first-order valence-electron chi connectivity index (χ1n) is 5.18. The van der Waals surface area contributed by atoms with Crippen LogP contribution >= 0.6 is 0 Å². The molecule has 0 aliphatic carbocycles. The van der Waals surface area contributed by atoms with Crippen LogP contribution in [0, 0.1) is 13.8 Å². The zero-order valence-corrected chi connectivity index (χ0v) is 9.00. The monoisotopic (exact) mass is 205 g/mol. The third-order valence-electron chi connectivity index (χ3n) is 3.06. The van der Waals surface area contributed by atoms with Crippen LogP contribution in [-0.2, 0) is 11.2 Å². The first kappa shape index (κ1) is 10.0. The molecular formula is C12H15NO2. The van der Waals surface area contributed by atoms with Crippen molar-refractivity contribution in [2.75, 3.05) is 5.32 Å². The molecule has 2 rings (SSSR count). The van der Waals surface area contributed by atoms with Crippen LogP contribution in [0.1, 0.15) is 23.1 Å². The van der Waals surface area contributed by atoms with E-state index >= 15 is 0 Å². The molecule has 2 N–H and O–H groups in total. The number of aliphatic carboxylic acids is 1. The van der Waals surface area contributed by atoms with E-state index in [0.717, 1.165) is 17.7 Å². The number of carbonyl (C=O) groups is 1. The predicted octanol–water partition coefficient (Wildman–Crippen LogP) is 2.11. The molecule has 3 nitrogen and oxygen atoms in total. The van der Waals surface area contributed by atoms with E-state index in [1.54, 1.807) is 0 Å². The molecule has 1 aliphatic rings. The summed E-state index contributed by atoms with van der Waals surface area (Å²) >= 11 is 0. The first-order valence-corrected chi connectivity index (χ1v) is 5.18. The largest absolute Gasteiger partial charge is 0.480 e. The standard InChI is InChI=1S/C12H15NO2/c1-7-3-4-8(2)11-9(7)5-6-10(13-11)12(14)15/h3-4,10,13H,5-6H2,1-2H3,(H,14,15). The molecule has 1 aliphatic heterocycles. The summed E-state index contributed by atoms with van der Waals surface area (Å²) in [5.41, 5.74) is 4.66. The predicted molar refractivity (Wildman–Crippen MR) is 59.3 cm³/mol.